The van der Waals surface area contributed by atoms with Gasteiger partial charge in [-0.3, -0.25) is 4.79 Å². The molecular formula is C33H44O7. The molecule has 3 rings (SSSR count). The Morgan fingerprint density at radius 3 is 2.52 bits per heavy atom. The number of hydrogen-bond acceptors (Lipinski definition) is 7. The van der Waals surface area contributed by atoms with Crippen LogP contribution in [0.3, 0.4) is 0 Å². The zero-order chi connectivity index (χ0) is 29.2. The van der Waals surface area contributed by atoms with E-state index in [1.165, 1.54) is 0 Å². The topological polar surface area (TPSA) is 113 Å². The first-order valence-corrected chi connectivity index (χ1v) is 14.3. The van der Waals surface area contributed by atoms with Crippen molar-refractivity contribution >= 4 is 18.0 Å². The average Bonchev–Trinajstić information content (AvgIpc) is 2.88. The lowest BCUT2D eigenvalue weighted by atomic mass is 9.82. The van der Waals surface area contributed by atoms with E-state index in [4.69, 9.17) is 9.47 Å². The van der Waals surface area contributed by atoms with Crippen molar-refractivity contribution in [2.24, 2.45) is 5.92 Å². The van der Waals surface area contributed by atoms with Crippen LogP contribution in [0.25, 0.3) is 6.08 Å². The third-order valence-corrected chi connectivity index (χ3v) is 7.39. The molecule has 0 fully saturated rings. The quantitative estimate of drug-likeness (QED) is 0.225. The van der Waals surface area contributed by atoms with Crippen molar-refractivity contribution in [1.82, 2.24) is 0 Å². The van der Waals surface area contributed by atoms with Crippen LogP contribution >= 0.6 is 0 Å². The highest BCUT2D eigenvalue weighted by Gasteiger charge is 2.35. The number of ether oxygens (including phenoxy) is 2. The Bertz CT molecular complexity index is 1130. The van der Waals surface area contributed by atoms with E-state index < -0.39 is 18.3 Å². The molecule has 2 aliphatic heterocycles. The minimum Gasteiger partial charge on any atom is -0.462 e. The number of aliphatic hydroxyl groups excluding tert-OH is 3. The normalized spacial score (nSPS) is 25.8. The number of esters is 2. The molecule has 40 heavy (non-hydrogen) atoms. The van der Waals surface area contributed by atoms with Crippen LogP contribution in [0.1, 0.15) is 93.6 Å². The van der Waals surface area contributed by atoms with Gasteiger partial charge in [0, 0.05) is 25.2 Å². The molecule has 0 unspecified atom stereocenters. The highest BCUT2D eigenvalue weighted by molar-refractivity contribution is 5.93. The summed E-state index contributed by atoms with van der Waals surface area (Å²) < 4.78 is 11.5. The molecule has 6 atom stereocenters. The number of carbonyl (C=O) groups is 2. The zero-order valence-electron chi connectivity index (χ0n) is 24.0. The number of aliphatic hydroxyl groups is 3. The molecule has 2 heterocycles. The van der Waals surface area contributed by atoms with Crippen LogP contribution in [-0.4, -0.2) is 57.8 Å². The first kappa shape index (κ1) is 31.5. The molecule has 218 valence electrons. The number of benzene rings is 1. The molecule has 7 nitrogen and oxygen atoms in total. The van der Waals surface area contributed by atoms with Crippen molar-refractivity contribution in [2.45, 2.75) is 103 Å². The first-order valence-electron chi connectivity index (χ1n) is 14.3. The lowest BCUT2D eigenvalue weighted by Gasteiger charge is -2.33. The number of fused-ring (bicyclic) bond motifs is 3. The van der Waals surface area contributed by atoms with Crippen LogP contribution in [0.15, 0.2) is 60.2 Å². The van der Waals surface area contributed by atoms with Crippen molar-refractivity contribution in [3.8, 4) is 0 Å². The van der Waals surface area contributed by atoms with Crippen molar-refractivity contribution in [3.05, 3.63) is 76.9 Å². The fourth-order valence-electron chi connectivity index (χ4n) is 5.10. The lowest BCUT2D eigenvalue weighted by Crippen LogP contribution is -2.32. The summed E-state index contributed by atoms with van der Waals surface area (Å²) >= 11 is 0. The molecule has 0 aliphatic carbocycles. The molecule has 0 radical (unpaired) electrons. The Kier molecular flexibility index (Phi) is 11.9. The van der Waals surface area contributed by atoms with Crippen LogP contribution in [0, 0.1) is 5.92 Å². The Morgan fingerprint density at radius 1 is 1.05 bits per heavy atom. The fraction of sp³-hybridized carbons (Fsp3) is 0.515. The Hall–Kier alpha value is -3.00. The second kappa shape index (κ2) is 15.1. The predicted octanol–water partition coefficient (Wildman–Crippen LogP) is 5.41. The summed E-state index contributed by atoms with van der Waals surface area (Å²) in [5.74, 6) is -0.280. The van der Waals surface area contributed by atoms with Crippen LogP contribution < -0.4 is 0 Å². The van der Waals surface area contributed by atoms with Gasteiger partial charge in [0.2, 0.25) is 0 Å². The number of rotatable bonds is 8. The smallest absolute Gasteiger partial charge is 0.338 e. The van der Waals surface area contributed by atoms with Gasteiger partial charge in [-0.2, -0.15) is 0 Å². The monoisotopic (exact) mass is 552 g/mol. The van der Waals surface area contributed by atoms with Gasteiger partial charge in [-0.1, -0.05) is 74.1 Å². The summed E-state index contributed by atoms with van der Waals surface area (Å²) in [5.41, 5.74) is 3.17. The molecule has 0 aromatic heterocycles. The van der Waals surface area contributed by atoms with Gasteiger partial charge in [-0.05, 0) is 56.2 Å². The zero-order valence-corrected chi connectivity index (χ0v) is 24.0. The molecule has 2 aliphatic rings. The Balaban J connectivity index is 1.72. The van der Waals surface area contributed by atoms with Crippen molar-refractivity contribution < 1.29 is 34.4 Å². The van der Waals surface area contributed by atoms with Crippen molar-refractivity contribution in [1.29, 1.82) is 0 Å². The fourth-order valence-corrected chi connectivity index (χ4v) is 5.10. The van der Waals surface area contributed by atoms with Gasteiger partial charge in [0.15, 0.2) is 0 Å². The van der Waals surface area contributed by atoms with E-state index in [2.05, 4.69) is 26.0 Å². The third kappa shape index (κ3) is 9.29. The van der Waals surface area contributed by atoms with Gasteiger partial charge < -0.3 is 24.8 Å². The second-order valence-corrected chi connectivity index (χ2v) is 11.3. The van der Waals surface area contributed by atoms with Crippen LogP contribution in [0.5, 0.6) is 0 Å². The van der Waals surface area contributed by atoms with E-state index in [1.54, 1.807) is 13.0 Å². The maximum absolute atomic E-state index is 13.0. The summed E-state index contributed by atoms with van der Waals surface area (Å²) in [6.07, 6.45) is 12.9. The van der Waals surface area contributed by atoms with Gasteiger partial charge in [0.1, 0.15) is 12.2 Å². The van der Waals surface area contributed by atoms with E-state index in [0.717, 1.165) is 23.1 Å². The van der Waals surface area contributed by atoms with Crippen LogP contribution in [-0.2, 0) is 14.3 Å². The largest absolute Gasteiger partial charge is 0.462 e. The summed E-state index contributed by atoms with van der Waals surface area (Å²) in [6, 6.07) is 5.85. The Morgan fingerprint density at radius 2 is 1.80 bits per heavy atom. The maximum Gasteiger partial charge on any atom is 0.338 e. The predicted molar refractivity (Wildman–Crippen MR) is 156 cm³/mol. The highest BCUT2D eigenvalue weighted by Crippen LogP contribution is 2.37. The number of carbonyl (C=O) groups excluding carboxylic acids is 2. The van der Waals surface area contributed by atoms with Gasteiger partial charge >= 0.3 is 11.9 Å². The summed E-state index contributed by atoms with van der Waals surface area (Å²) in [6.45, 7) is 7.50. The summed E-state index contributed by atoms with van der Waals surface area (Å²) in [7, 11) is 0. The van der Waals surface area contributed by atoms with E-state index in [9.17, 15) is 24.9 Å². The van der Waals surface area contributed by atoms with Crippen LogP contribution in [0.4, 0.5) is 0 Å². The van der Waals surface area contributed by atoms with E-state index >= 15 is 0 Å². The minimum atomic E-state index is -1.06. The SMILES string of the molecule is CC(/C=C/C=C/c1ccc2c(c1)C(=O)O[C@H]1CCCC(=O)O[C@@H](C(C)C)C/C=C/C[C@H]21)=C\[C@H](O)[C@@H](O)C[C@H](C)O. The number of hydrogen-bond donors (Lipinski definition) is 3. The van der Waals surface area contributed by atoms with Gasteiger partial charge in [0.05, 0.1) is 23.9 Å². The number of allylic oxidation sites excluding steroid dienone is 5. The Labute approximate surface area is 237 Å². The van der Waals surface area contributed by atoms with E-state index in [0.29, 0.717) is 31.2 Å². The average molecular weight is 553 g/mol. The summed E-state index contributed by atoms with van der Waals surface area (Å²) in [5, 5.41) is 29.4. The molecule has 0 saturated heterocycles. The van der Waals surface area contributed by atoms with Crippen molar-refractivity contribution in [3.63, 3.8) is 0 Å². The molecule has 0 saturated carbocycles. The molecule has 0 bridgehead atoms. The molecule has 1 aromatic carbocycles. The lowest BCUT2D eigenvalue weighted by molar-refractivity contribution is -0.151. The maximum atomic E-state index is 13.0. The highest BCUT2D eigenvalue weighted by atomic mass is 16.5. The van der Waals surface area contributed by atoms with Crippen LogP contribution in [0.2, 0.25) is 0 Å². The standard InChI is InChI=1S/C33H44O7/c1-21(2)30-13-8-7-12-26-25-17-16-24(11-6-5-10-22(3)18-28(35)29(36)19-23(4)34)20-27(25)33(38)40-31(26)14-9-15-32(37)39-30/h5-8,10-11,16-18,20-21,23,26,28-31,34-36H,9,12-15,19H2,1-4H3/b8-7+,10-5+,11-6+,22-18+/t23-,26+,28-,29-,30+,31-/m0/s1. The van der Waals surface area contributed by atoms with Crippen molar-refractivity contribution in [2.75, 3.05) is 0 Å². The van der Waals surface area contributed by atoms with Gasteiger partial charge in [-0.15, -0.1) is 0 Å². The second-order valence-electron chi connectivity index (χ2n) is 11.3. The molecule has 7 heteroatoms. The third-order valence-electron chi connectivity index (χ3n) is 7.39. The number of cyclic esters (lactones) is 1. The van der Waals surface area contributed by atoms with Gasteiger partial charge in [0.25, 0.3) is 0 Å². The summed E-state index contributed by atoms with van der Waals surface area (Å²) in [4.78, 5) is 25.3. The first-order chi connectivity index (χ1) is 19.0. The molecule has 0 amide bonds. The molecule has 0 spiro atoms. The van der Waals surface area contributed by atoms with E-state index in [-0.39, 0.29) is 42.4 Å². The molecule has 3 N–H and O–H groups in total. The molecular weight excluding hydrogens is 508 g/mol. The van der Waals surface area contributed by atoms with E-state index in [1.807, 2.05) is 49.4 Å². The molecule has 1 aromatic rings. The minimum absolute atomic E-state index is 0.0261. The van der Waals surface area contributed by atoms with Gasteiger partial charge in [-0.25, -0.2) is 4.79 Å².